The molecule has 3 unspecified atom stereocenters. The summed E-state index contributed by atoms with van der Waals surface area (Å²) in [6.45, 7) is 8.94. The fourth-order valence-corrected chi connectivity index (χ4v) is 6.05. The molecular formula is C32H64Na2O7S. The normalized spacial score (nSPS) is 13.4. The molecule has 0 aromatic heterocycles. The average Bonchev–Trinajstić information content (AvgIpc) is 2.90. The first-order valence-corrected chi connectivity index (χ1v) is 18.0. The summed E-state index contributed by atoms with van der Waals surface area (Å²) in [5, 5.41) is -1.95. The zero-order valence-corrected chi connectivity index (χ0v) is 27.1. The third-order valence-corrected chi connectivity index (χ3v) is 8.94. The quantitative estimate of drug-likeness (QED) is 0.0408. The Labute approximate surface area is 303 Å². The summed E-state index contributed by atoms with van der Waals surface area (Å²) in [6.07, 6.45) is 21.7. The standard InChI is InChI=1S/C32H62O7S.2Na.2H/c1-5-9-11-13-15-17-21-28(19-7-3)23-25-38-31(33)27-30(40(35,36)37)32(34)39-26-24-29(20-8-4)22-18-16-14-12-10-6-2;;;;/h28-30H,5-27H2,1-4H3,(H,35,36,37);;;;. The van der Waals surface area contributed by atoms with Crippen LogP contribution in [-0.2, 0) is 29.2 Å². The van der Waals surface area contributed by atoms with Crippen molar-refractivity contribution in [2.75, 3.05) is 13.2 Å². The predicted molar refractivity (Wildman–Crippen MR) is 178 cm³/mol. The van der Waals surface area contributed by atoms with Gasteiger partial charge in [-0.3, -0.25) is 14.1 Å². The van der Waals surface area contributed by atoms with E-state index >= 15 is 0 Å². The molecule has 42 heavy (non-hydrogen) atoms. The van der Waals surface area contributed by atoms with E-state index in [0.29, 0.717) is 24.7 Å². The van der Waals surface area contributed by atoms with Crippen LogP contribution in [0, 0.1) is 11.8 Å². The second-order valence-electron chi connectivity index (χ2n) is 11.6. The summed E-state index contributed by atoms with van der Waals surface area (Å²) < 4.78 is 43.9. The van der Waals surface area contributed by atoms with Crippen molar-refractivity contribution in [1.29, 1.82) is 0 Å². The predicted octanol–water partition coefficient (Wildman–Crippen LogP) is 7.54. The van der Waals surface area contributed by atoms with Crippen molar-refractivity contribution >= 4 is 81.2 Å². The number of ether oxygens (including phenoxy) is 2. The van der Waals surface area contributed by atoms with Crippen LogP contribution < -0.4 is 0 Å². The molecule has 7 nitrogen and oxygen atoms in total. The molecule has 0 amide bonds. The molecular weight excluding hydrogens is 574 g/mol. The van der Waals surface area contributed by atoms with Gasteiger partial charge >= 0.3 is 71.1 Å². The Bertz CT molecular complexity index is 734. The van der Waals surface area contributed by atoms with Gasteiger partial charge in [-0.2, -0.15) is 8.42 Å². The number of unbranched alkanes of at least 4 members (excludes halogenated alkanes) is 10. The maximum atomic E-state index is 12.5. The van der Waals surface area contributed by atoms with Crippen molar-refractivity contribution in [3.05, 3.63) is 0 Å². The molecule has 0 aromatic rings. The molecule has 0 heterocycles. The summed E-state index contributed by atoms with van der Waals surface area (Å²) in [5.41, 5.74) is 0. The first-order valence-electron chi connectivity index (χ1n) is 16.5. The number of carbonyl (C=O) groups excluding carboxylic acids is 2. The van der Waals surface area contributed by atoms with E-state index in [1.54, 1.807) is 0 Å². The molecule has 242 valence electrons. The van der Waals surface area contributed by atoms with Crippen LogP contribution in [0.25, 0.3) is 0 Å². The molecule has 0 bridgehead atoms. The Hall–Kier alpha value is 0.850. The van der Waals surface area contributed by atoms with E-state index in [1.807, 2.05) is 0 Å². The number of hydrogen-bond donors (Lipinski definition) is 1. The molecule has 0 aliphatic heterocycles. The van der Waals surface area contributed by atoms with Crippen LogP contribution in [0.2, 0.25) is 0 Å². The number of rotatable bonds is 28. The van der Waals surface area contributed by atoms with E-state index in [0.717, 1.165) is 51.4 Å². The van der Waals surface area contributed by atoms with Gasteiger partial charge in [0.15, 0.2) is 5.25 Å². The van der Waals surface area contributed by atoms with Gasteiger partial charge in [-0.15, -0.1) is 0 Å². The number of hydrogen-bond acceptors (Lipinski definition) is 6. The van der Waals surface area contributed by atoms with Crippen molar-refractivity contribution < 1.29 is 32.0 Å². The van der Waals surface area contributed by atoms with Crippen molar-refractivity contribution in [1.82, 2.24) is 0 Å². The van der Waals surface area contributed by atoms with Crippen LogP contribution >= 0.6 is 0 Å². The Morgan fingerprint density at radius 1 is 0.571 bits per heavy atom. The molecule has 1 N–H and O–H groups in total. The molecule has 0 aromatic carbocycles. The molecule has 0 aliphatic carbocycles. The van der Waals surface area contributed by atoms with Gasteiger partial charge in [0, 0.05) is 0 Å². The second kappa shape index (κ2) is 31.8. The van der Waals surface area contributed by atoms with Crippen LogP contribution in [0.5, 0.6) is 0 Å². The SMILES string of the molecule is CCCCCCCCC(CCC)CCOC(=O)CC(C(=O)OCCC(CCC)CCCCCCCC)S(=O)(=O)O.[NaH].[NaH]. The molecule has 0 spiro atoms. The van der Waals surface area contributed by atoms with Crippen molar-refractivity contribution in [2.45, 2.75) is 168 Å². The minimum absolute atomic E-state index is 0. The van der Waals surface area contributed by atoms with Gasteiger partial charge in [0.2, 0.25) is 0 Å². The van der Waals surface area contributed by atoms with Crippen LogP contribution in [0.3, 0.4) is 0 Å². The van der Waals surface area contributed by atoms with Gasteiger partial charge < -0.3 is 9.47 Å². The molecule has 0 radical (unpaired) electrons. The van der Waals surface area contributed by atoms with Crippen LogP contribution in [-0.4, -0.2) is 102 Å². The molecule has 3 atom stereocenters. The summed E-state index contributed by atoms with van der Waals surface area (Å²) in [6, 6.07) is 0. The van der Waals surface area contributed by atoms with Crippen LogP contribution in [0.15, 0.2) is 0 Å². The van der Waals surface area contributed by atoms with Gasteiger partial charge in [-0.25, -0.2) is 0 Å². The van der Waals surface area contributed by atoms with Gasteiger partial charge in [-0.05, 0) is 24.7 Å². The third kappa shape index (κ3) is 27.2. The van der Waals surface area contributed by atoms with Gasteiger partial charge in [0.1, 0.15) is 0 Å². The Balaban J connectivity index is -0.00000760. The first kappa shape index (κ1) is 47.3. The van der Waals surface area contributed by atoms with Gasteiger partial charge in [0.25, 0.3) is 10.1 Å². The molecule has 0 aliphatic rings. The van der Waals surface area contributed by atoms with Gasteiger partial charge in [-0.1, -0.05) is 143 Å². The van der Waals surface area contributed by atoms with Gasteiger partial charge in [0.05, 0.1) is 19.6 Å². The zero-order chi connectivity index (χ0) is 30.1. The zero-order valence-electron chi connectivity index (χ0n) is 26.3. The summed E-state index contributed by atoms with van der Waals surface area (Å²) in [5.74, 6) is -1.02. The van der Waals surface area contributed by atoms with Crippen molar-refractivity contribution in [2.24, 2.45) is 11.8 Å². The summed E-state index contributed by atoms with van der Waals surface area (Å²) >= 11 is 0. The van der Waals surface area contributed by atoms with E-state index in [-0.39, 0.29) is 72.3 Å². The topological polar surface area (TPSA) is 107 Å². The number of esters is 2. The van der Waals surface area contributed by atoms with E-state index in [4.69, 9.17) is 9.47 Å². The first-order chi connectivity index (χ1) is 19.2. The monoisotopic (exact) mass is 638 g/mol. The van der Waals surface area contributed by atoms with Crippen molar-refractivity contribution in [3.63, 3.8) is 0 Å². The van der Waals surface area contributed by atoms with Crippen LogP contribution in [0.4, 0.5) is 0 Å². The molecule has 0 fully saturated rings. The molecule has 0 saturated carbocycles. The summed E-state index contributed by atoms with van der Waals surface area (Å²) in [4.78, 5) is 24.9. The second-order valence-corrected chi connectivity index (χ2v) is 13.2. The van der Waals surface area contributed by atoms with E-state index < -0.39 is 33.7 Å². The van der Waals surface area contributed by atoms with Crippen molar-refractivity contribution in [3.8, 4) is 0 Å². The van der Waals surface area contributed by atoms with Crippen LogP contribution in [0.1, 0.15) is 163 Å². The Morgan fingerprint density at radius 2 is 0.976 bits per heavy atom. The maximum absolute atomic E-state index is 12.5. The van der Waals surface area contributed by atoms with E-state index in [2.05, 4.69) is 27.7 Å². The van der Waals surface area contributed by atoms with E-state index in [1.165, 1.54) is 64.2 Å². The third-order valence-electron chi connectivity index (χ3n) is 7.86. The summed E-state index contributed by atoms with van der Waals surface area (Å²) in [7, 11) is -4.79. The number of carbonyl (C=O) groups is 2. The molecule has 10 heteroatoms. The fourth-order valence-electron chi connectivity index (χ4n) is 5.39. The molecule has 0 rings (SSSR count). The van der Waals surface area contributed by atoms with E-state index in [9.17, 15) is 22.6 Å². The fraction of sp³-hybridized carbons (Fsp3) is 0.938. The average molecular weight is 639 g/mol. The Kier molecular flexibility index (Phi) is 35.8. The Morgan fingerprint density at radius 3 is 1.38 bits per heavy atom. The minimum atomic E-state index is -4.79. The molecule has 0 saturated heterocycles.